The Balaban J connectivity index is 1.35. The number of rotatable bonds is 4. The predicted molar refractivity (Wildman–Crippen MR) is 112 cm³/mol. The first-order chi connectivity index (χ1) is 14.2. The fourth-order valence-corrected chi connectivity index (χ4v) is 4.08. The molecule has 3 heterocycles. The number of nitrogens with one attached hydrogen (secondary N) is 1. The third kappa shape index (κ3) is 4.27. The maximum atomic E-state index is 12.7. The normalized spacial score (nSPS) is 23.0. The number of carbonyl (C=O) groups is 1. The Kier molecular flexibility index (Phi) is 5.80. The summed E-state index contributed by atoms with van der Waals surface area (Å²) in [6.45, 7) is 3.18. The molecule has 2 aromatic rings. The zero-order valence-electron chi connectivity index (χ0n) is 17.0. The Bertz CT molecular complexity index is 865. The molecule has 1 amide bonds. The first-order valence-corrected chi connectivity index (χ1v) is 10.1. The van der Waals surface area contributed by atoms with Crippen molar-refractivity contribution in [3.05, 3.63) is 48.3 Å². The predicted octanol–water partition coefficient (Wildman–Crippen LogP) is 1.42. The summed E-state index contributed by atoms with van der Waals surface area (Å²) in [4.78, 5) is 20.9. The molecule has 0 spiro atoms. The molecule has 1 N–H and O–H groups in total. The van der Waals surface area contributed by atoms with Gasteiger partial charge in [-0.1, -0.05) is 30.3 Å². The number of aliphatic imine (C=N–C) groups is 1. The van der Waals surface area contributed by atoms with E-state index in [1.165, 1.54) is 5.56 Å². The molecule has 2 aliphatic heterocycles. The first kappa shape index (κ1) is 19.4. The Morgan fingerprint density at radius 1 is 1.31 bits per heavy atom. The van der Waals surface area contributed by atoms with Gasteiger partial charge in [0, 0.05) is 52.5 Å². The minimum atomic E-state index is 0.0542. The summed E-state index contributed by atoms with van der Waals surface area (Å²) in [5.41, 5.74) is 2.06. The minimum Gasteiger partial charge on any atom is -0.373 e. The number of anilines is 1. The quantitative estimate of drug-likeness (QED) is 0.625. The summed E-state index contributed by atoms with van der Waals surface area (Å²) in [6.07, 6.45) is 4.71. The lowest BCUT2D eigenvalue weighted by Gasteiger charge is -2.35. The number of guanidine groups is 1. The van der Waals surface area contributed by atoms with Crippen LogP contribution in [0.1, 0.15) is 18.1 Å². The molecule has 154 valence electrons. The van der Waals surface area contributed by atoms with E-state index in [0.29, 0.717) is 19.0 Å². The second kappa shape index (κ2) is 8.65. The molecular formula is C21H28N6O2. The molecule has 8 heteroatoms. The van der Waals surface area contributed by atoms with Crippen molar-refractivity contribution in [2.45, 2.75) is 12.5 Å². The van der Waals surface area contributed by atoms with Gasteiger partial charge in [-0.25, -0.2) is 0 Å². The van der Waals surface area contributed by atoms with Crippen LogP contribution in [0.2, 0.25) is 0 Å². The highest BCUT2D eigenvalue weighted by molar-refractivity contribution is 5.98. The minimum absolute atomic E-state index is 0.0542. The van der Waals surface area contributed by atoms with E-state index < -0.39 is 0 Å². The maximum absolute atomic E-state index is 12.7. The number of aryl methyl sites for hydroxylation is 1. The lowest BCUT2D eigenvalue weighted by molar-refractivity contribution is -0.120. The van der Waals surface area contributed by atoms with E-state index in [1.807, 2.05) is 36.3 Å². The Morgan fingerprint density at radius 3 is 2.83 bits per heavy atom. The molecule has 2 atom stereocenters. The molecule has 4 rings (SSSR count). The number of carbonyl (C=O) groups excluding carboxylic acids is 1. The number of hydrogen-bond acceptors (Lipinski definition) is 4. The molecule has 2 saturated heterocycles. The summed E-state index contributed by atoms with van der Waals surface area (Å²) in [5.74, 6) is 1.20. The van der Waals surface area contributed by atoms with Crippen molar-refractivity contribution >= 4 is 17.6 Å². The fraction of sp³-hybridized carbons (Fsp3) is 0.476. The zero-order chi connectivity index (χ0) is 20.2. The van der Waals surface area contributed by atoms with Crippen molar-refractivity contribution in [1.82, 2.24) is 20.0 Å². The van der Waals surface area contributed by atoms with Crippen molar-refractivity contribution in [1.29, 1.82) is 0 Å². The highest BCUT2D eigenvalue weighted by atomic mass is 16.5. The van der Waals surface area contributed by atoms with E-state index in [0.717, 1.165) is 37.8 Å². The van der Waals surface area contributed by atoms with Crippen LogP contribution >= 0.6 is 0 Å². The number of piperazine rings is 1. The van der Waals surface area contributed by atoms with Crippen molar-refractivity contribution in [3.63, 3.8) is 0 Å². The van der Waals surface area contributed by atoms with Crippen molar-refractivity contribution in [2.75, 3.05) is 44.7 Å². The van der Waals surface area contributed by atoms with Crippen LogP contribution in [0.15, 0.2) is 47.7 Å². The standard InChI is InChI=1S/C21H28N6O2/c1-22-21(23-12-17-8-11-29-20(17)16-6-4-3-5-7-16)26-9-10-27(19(28)15-26)18-13-24-25(2)14-18/h3-7,13-14,17,20H,8-12,15H2,1-2H3,(H,22,23). The third-order valence-electron chi connectivity index (χ3n) is 5.60. The van der Waals surface area contributed by atoms with Gasteiger partial charge in [0.05, 0.1) is 18.0 Å². The molecular weight excluding hydrogens is 368 g/mol. The molecule has 2 aliphatic rings. The Morgan fingerprint density at radius 2 is 2.14 bits per heavy atom. The van der Waals surface area contributed by atoms with Gasteiger partial charge in [-0.05, 0) is 12.0 Å². The van der Waals surface area contributed by atoms with Crippen LogP contribution in [0.4, 0.5) is 5.69 Å². The molecule has 0 aliphatic carbocycles. The molecule has 0 radical (unpaired) electrons. The average molecular weight is 396 g/mol. The lowest BCUT2D eigenvalue weighted by atomic mass is 9.95. The maximum Gasteiger partial charge on any atom is 0.246 e. The summed E-state index contributed by atoms with van der Waals surface area (Å²) < 4.78 is 7.69. The van der Waals surface area contributed by atoms with Gasteiger partial charge in [-0.15, -0.1) is 0 Å². The molecule has 1 aromatic heterocycles. The van der Waals surface area contributed by atoms with Crippen LogP contribution < -0.4 is 10.2 Å². The molecule has 8 nitrogen and oxygen atoms in total. The highest BCUT2D eigenvalue weighted by Gasteiger charge is 2.31. The van der Waals surface area contributed by atoms with Gasteiger partial charge in [0.1, 0.15) is 6.54 Å². The molecule has 0 bridgehead atoms. The number of hydrogen-bond donors (Lipinski definition) is 1. The van der Waals surface area contributed by atoms with Crippen molar-refractivity contribution in [2.24, 2.45) is 18.0 Å². The molecule has 29 heavy (non-hydrogen) atoms. The summed E-state index contributed by atoms with van der Waals surface area (Å²) >= 11 is 0. The largest absolute Gasteiger partial charge is 0.373 e. The van der Waals surface area contributed by atoms with E-state index in [-0.39, 0.29) is 12.0 Å². The van der Waals surface area contributed by atoms with E-state index in [9.17, 15) is 4.79 Å². The van der Waals surface area contributed by atoms with Crippen LogP contribution in [0.3, 0.4) is 0 Å². The zero-order valence-corrected chi connectivity index (χ0v) is 17.0. The van der Waals surface area contributed by atoms with Crippen LogP contribution in [0.25, 0.3) is 0 Å². The van der Waals surface area contributed by atoms with Crippen molar-refractivity contribution < 1.29 is 9.53 Å². The highest BCUT2D eigenvalue weighted by Crippen LogP contribution is 2.33. The molecule has 2 unspecified atom stereocenters. The lowest BCUT2D eigenvalue weighted by Crippen LogP contribution is -2.55. The second-order valence-corrected chi connectivity index (χ2v) is 7.52. The van der Waals surface area contributed by atoms with Gasteiger partial charge in [-0.3, -0.25) is 14.5 Å². The summed E-state index contributed by atoms with van der Waals surface area (Å²) in [6, 6.07) is 10.4. The smallest absolute Gasteiger partial charge is 0.246 e. The van der Waals surface area contributed by atoms with Crippen LogP contribution in [0.5, 0.6) is 0 Å². The van der Waals surface area contributed by atoms with Crippen LogP contribution in [-0.4, -0.2) is 66.4 Å². The second-order valence-electron chi connectivity index (χ2n) is 7.52. The van der Waals surface area contributed by atoms with E-state index in [4.69, 9.17) is 4.74 Å². The van der Waals surface area contributed by atoms with Gasteiger partial charge in [0.2, 0.25) is 5.91 Å². The van der Waals surface area contributed by atoms with Gasteiger partial charge < -0.3 is 19.9 Å². The van der Waals surface area contributed by atoms with Crippen LogP contribution in [-0.2, 0) is 16.6 Å². The number of benzene rings is 1. The molecule has 1 aromatic carbocycles. The Hall–Kier alpha value is -2.87. The first-order valence-electron chi connectivity index (χ1n) is 10.1. The van der Waals surface area contributed by atoms with Gasteiger partial charge in [0.25, 0.3) is 0 Å². The Labute approximate surface area is 171 Å². The van der Waals surface area contributed by atoms with Crippen molar-refractivity contribution in [3.8, 4) is 0 Å². The SMILES string of the molecule is CN=C(NCC1CCOC1c1ccccc1)N1CCN(c2cnn(C)c2)C(=O)C1. The van der Waals surface area contributed by atoms with E-state index >= 15 is 0 Å². The average Bonchev–Trinajstić information content (AvgIpc) is 3.38. The monoisotopic (exact) mass is 396 g/mol. The third-order valence-corrected chi connectivity index (χ3v) is 5.60. The van der Waals surface area contributed by atoms with Gasteiger partial charge in [0.15, 0.2) is 5.96 Å². The molecule has 0 saturated carbocycles. The number of ether oxygens (including phenoxy) is 1. The van der Waals surface area contributed by atoms with Gasteiger partial charge in [-0.2, -0.15) is 5.10 Å². The van der Waals surface area contributed by atoms with Gasteiger partial charge >= 0.3 is 0 Å². The van der Waals surface area contributed by atoms with E-state index in [2.05, 4.69) is 27.5 Å². The number of nitrogens with zero attached hydrogens (tertiary/aromatic N) is 5. The fourth-order valence-electron chi connectivity index (χ4n) is 4.08. The number of aromatic nitrogens is 2. The summed E-state index contributed by atoms with van der Waals surface area (Å²) in [5, 5.41) is 7.63. The molecule has 2 fully saturated rings. The number of amides is 1. The van der Waals surface area contributed by atoms with Crippen LogP contribution in [0, 0.1) is 5.92 Å². The topological polar surface area (TPSA) is 75.0 Å². The van der Waals surface area contributed by atoms with E-state index in [1.54, 1.807) is 22.8 Å². The summed E-state index contributed by atoms with van der Waals surface area (Å²) in [7, 11) is 3.62.